The normalized spacial score (nSPS) is 10.9. The van der Waals surface area contributed by atoms with E-state index in [1.807, 2.05) is 0 Å². The van der Waals surface area contributed by atoms with Crippen LogP contribution >= 0.6 is 27.5 Å². The predicted octanol–water partition coefficient (Wildman–Crippen LogP) is 2.87. The first-order valence-electron chi connectivity index (χ1n) is 7.84. The van der Waals surface area contributed by atoms with Crippen molar-refractivity contribution in [3.8, 4) is 0 Å². The number of rotatable bonds is 8. The molecule has 0 spiro atoms. The summed E-state index contributed by atoms with van der Waals surface area (Å²) in [6.07, 6.45) is 5.42. The van der Waals surface area contributed by atoms with E-state index in [2.05, 4.69) is 31.4 Å². The van der Waals surface area contributed by atoms with Gasteiger partial charge in [-0.2, -0.15) is 9.78 Å². The average Bonchev–Trinajstić information content (AvgIpc) is 3.32. The lowest BCUT2D eigenvalue weighted by Gasteiger charge is -2.03. The molecule has 3 rings (SSSR count). The third-order valence-corrected chi connectivity index (χ3v) is 4.28. The van der Waals surface area contributed by atoms with E-state index in [0.717, 1.165) is 0 Å². The number of hydrogen-bond acceptors (Lipinski definition) is 6. The molecule has 0 radical (unpaired) electrons. The Hall–Kier alpha value is -2.66. The third kappa shape index (κ3) is 4.95. The number of nitrogens with zero attached hydrogens (tertiary/aromatic N) is 5. The number of hydrogen-bond donors (Lipinski definition) is 1. The zero-order valence-corrected chi connectivity index (χ0v) is 16.2. The molecule has 0 atom stereocenters. The maximum absolute atomic E-state index is 12.1. The van der Waals surface area contributed by atoms with Crippen molar-refractivity contribution in [2.24, 2.45) is 0 Å². The lowest BCUT2D eigenvalue weighted by molar-refractivity contribution is -0.390. The number of furan rings is 1. The monoisotopic (exact) mass is 456 g/mol. The second-order valence-electron chi connectivity index (χ2n) is 5.55. The summed E-state index contributed by atoms with van der Waals surface area (Å²) in [6, 6.07) is 3.17. The highest BCUT2D eigenvalue weighted by Gasteiger charge is 2.19. The number of aryl methyl sites for hydroxylation is 1. The lowest BCUT2D eigenvalue weighted by Crippen LogP contribution is -2.24. The Labute approximate surface area is 166 Å². The molecule has 0 saturated heterocycles. The lowest BCUT2D eigenvalue weighted by atomic mass is 10.3. The summed E-state index contributed by atoms with van der Waals surface area (Å²) in [5.74, 6) is -0.00514. The van der Waals surface area contributed by atoms with Crippen LogP contribution in [0.5, 0.6) is 0 Å². The number of aromatic nitrogens is 4. The van der Waals surface area contributed by atoms with Crippen LogP contribution in [0.1, 0.15) is 22.7 Å². The van der Waals surface area contributed by atoms with Crippen LogP contribution in [-0.4, -0.2) is 36.9 Å². The SMILES string of the molecule is O=C(NCCCn1cc(Cl)cn1)c1ccc(Cn2cc(Br)c([N+](=O)[O-])n2)o1. The van der Waals surface area contributed by atoms with Gasteiger partial charge in [0.2, 0.25) is 0 Å². The van der Waals surface area contributed by atoms with Gasteiger partial charge >= 0.3 is 5.82 Å². The van der Waals surface area contributed by atoms with E-state index < -0.39 is 4.92 Å². The Bertz CT molecular complexity index is 965. The fraction of sp³-hybridized carbons (Fsp3) is 0.267. The molecule has 3 heterocycles. The fourth-order valence-corrected chi connectivity index (χ4v) is 2.94. The molecule has 10 nitrogen and oxygen atoms in total. The number of nitrogens with one attached hydrogen (secondary N) is 1. The van der Waals surface area contributed by atoms with Crippen molar-refractivity contribution < 1.29 is 14.1 Å². The smallest absolute Gasteiger partial charge is 0.404 e. The second kappa shape index (κ2) is 8.35. The van der Waals surface area contributed by atoms with Gasteiger partial charge in [0.05, 0.1) is 22.5 Å². The number of carbonyl (C=O) groups is 1. The Kier molecular flexibility index (Phi) is 5.91. The second-order valence-corrected chi connectivity index (χ2v) is 6.84. The molecule has 1 amide bonds. The zero-order chi connectivity index (χ0) is 19.4. The topological polar surface area (TPSA) is 121 Å². The van der Waals surface area contributed by atoms with Crippen LogP contribution in [0.25, 0.3) is 0 Å². The van der Waals surface area contributed by atoms with E-state index in [4.69, 9.17) is 16.0 Å². The Balaban J connectivity index is 1.50. The van der Waals surface area contributed by atoms with Gasteiger partial charge in [-0.05, 0) is 39.4 Å². The summed E-state index contributed by atoms with van der Waals surface area (Å²) in [5, 5.41) is 22.0. The summed E-state index contributed by atoms with van der Waals surface area (Å²) >= 11 is 8.86. The molecule has 3 aromatic rings. The molecule has 142 valence electrons. The van der Waals surface area contributed by atoms with Gasteiger partial charge in [-0.1, -0.05) is 11.6 Å². The van der Waals surface area contributed by atoms with E-state index in [1.165, 1.54) is 10.9 Å². The van der Waals surface area contributed by atoms with E-state index in [0.29, 0.717) is 30.3 Å². The standard InChI is InChI=1S/C15H14BrClN6O4/c16-12-9-22(20-14(12)23(25)26)8-11-2-3-13(27-11)15(24)18-4-1-5-21-7-10(17)6-19-21/h2-3,6-7,9H,1,4-5,8H2,(H,18,24). The van der Waals surface area contributed by atoms with Crippen LogP contribution in [-0.2, 0) is 13.1 Å². The van der Waals surface area contributed by atoms with E-state index in [-0.39, 0.29) is 28.5 Å². The average molecular weight is 458 g/mol. The first-order chi connectivity index (χ1) is 12.9. The Morgan fingerprint density at radius 3 is 2.85 bits per heavy atom. The summed E-state index contributed by atoms with van der Waals surface area (Å²) < 4.78 is 8.81. The number of halogens is 2. The van der Waals surface area contributed by atoms with Crippen molar-refractivity contribution in [1.29, 1.82) is 0 Å². The van der Waals surface area contributed by atoms with Crippen LogP contribution < -0.4 is 5.32 Å². The van der Waals surface area contributed by atoms with Crippen LogP contribution in [0.4, 0.5) is 5.82 Å². The van der Waals surface area contributed by atoms with Gasteiger partial charge in [0.15, 0.2) is 5.76 Å². The molecule has 0 saturated carbocycles. The molecule has 0 aliphatic heterocycles. The molecule has 0 bridgehead atoms. The van der Waals surface area contributed by atoms with Crippen molar-refractivity contribution in [1.82, 2.24) is 24.9 Å². The highest BCUT2D eigenvalue weighted by molar-refractivity contribution is 9.10. The molecule has 12 heteroatoms. The van der Waals surface area contributed by atoms with Gasteiger partial charge in [0.1, 0.15) is 16.8 Å². The van der Waals surface area contributed by atoms with Gasteiger partial charge in [0.25, 0.3) is 5.91 Å². The third-order valence-electron chi connectivity index (χ3n) is 3.53. The number of carbonyl (C=O) groups excluding carboxylic acids is 1. The predicted molar refractivity (Wildman–Crippen MR) is 98.6 cm³/mol. The minimum atomic E-state index is -0.585. The molecule has 0 aliphatic rings. The van der Waals surface area contributed by atoms with E-state index in [1.54, 1.807) is 29.2 Å². The zero-order valence-electron chi connectivity index (χ0n) is 13.8. The van der Waals surface area contributed by atoms with Crippen molar-refractivity contribution in [2.45, 2.75) is 19.5 Å². The molecule has 27 heavy (non-hydrogen) atoms. The molecule has 0 aromatic carbocycles. The quantitative estimate of drug-likeness (QED) is 0.315. The number of nitro groups is 1. The van der Waals surface area contributed by atoms with Gasteiger partial charge in [0, 0.05) is 19.3 Å². The molecule has 0 fully saturated rings. The highest BCUT2D eigenvalue weighted by Crippen LogP contribution is 2.22. The van der Waals surface area contributed by atoms with E-state index >= 15 is 0 Å². The molecule has 0 aliphatic carbocycles. The molecule has 1 N–H and O–H groups in total. The van der Waals surface area contributed by atoms with Crippen molar-refractivity contribution in [3.63, 3.8) is 0 Å². The summed E-state index contributed by atoms with van der Waals surface area (Å²) in [4.78, 5) is 22.3. The first-order valence-corrected chi connectivity index (χ1v) is 9.01. The van der Waals surface area contributed by atoms with Crippen LogP contribution in [0, 0.1) is 10.1 Å². The minimum Gasteiger partial charge on any atom is -0.454 e. The minimum absolute atomic E-state index is 0.160. The van der Waals surface area contributed by atoms with Gasteiger partial charge in [-0.25, -0.2) is 0 Å². The summed E-state index contributed by atoms with van der Waals surface area (Å²) in [5.41, 5.74) is 0. The molecular formula is C15H14BrClN6O4. The van der Waals surface area contributed by atoms with Crippen molar-refractivity contribution in [2.75, 3.05) is 6.54 Å². The summed E-state index contributed by atoms with van der Waals surface area (Å²) in [6.45, 7) is 1.24. The van der Waals surface area contributed by atoms with Crippen LogP contribution in [0.2, 0.25) is 5.02 Å². The van der Waals surface area contributed by atoms with Crippen molar-refractivity contribution in [3.05, 3.63) is 61.9 Å². The van der Waals surface area contributed by atoms with Crippen LogP contribution in [0.15, 0.2) is 39.6 Å². The van der Waals surface area contributed by atoms with Gasteiger partial charge in [-0.15, -0.1) is 0 Å². The summed E-state index contributed by atoms with van der Waals surface area (Å²) in [7, 11) is 0. The van der Waals surface area contributed by atoms with Crippen LogP contribution in [0.3, 0.4) is 0 Å². The fourth-order valence-electron chi connectivity index (χ4n) is 2.33. The van der Waals surface area contributed by atoms with Gasteiger partial charge in [-0.3, -0.25) is 9.48 Å². The van der Waals surface area contributed by atoms with E-state index in [9.17, 15) is 14.9 Å². The highest BCUT2D eigenvalue weighted by atomic mass is 79.9. The molecular weight excluding hydrogens is 444 g/mol. The Morgan fingerprint density at radius 1 is 1.37 bits per heavy atom. The maximum Gasteiger partial charge on any atom is 0.404 e. The number of amides is 1. The maximum atomic E-state index is 12.1. The first kappa shape index (κ1) is 19.1. The van der Waals surface area contributed by atoms with Crippen molar-refractivity contribution >= 4 is 39.3 Å². The van der Waals surface area contributed by atoms with Gasteiger partial charge < -0.3 is 19.8 Å². The largest absolute Gasteiger partial charge is 0.454 e. The molecule has 0 unspecified atom stereocenters. The Morgan fingerprint density at radius 2 is 2.19 bits per heavy atom. The molecule has 3 aromatic heterocycles.